The van der Waals surface area contributed by atoms with Crippen molar-refractivity contribution >= 4 is 30.4 Å². The van der Waals surface area contributed by atoms with Crippen molar-refractivity contribution in [2.45, 2.75) is 54.6 Å². The van der Waals surface area contributed by atoms with E-state index < -0.39 is 42.6 Å². The Kier molecular flexibility index (Phi) is 15.4. The van der Waals surface area contributed by atoms with Crippen molar-refractivity contribution in [3.63, 3.8) is 0 Å². The molecule has 40 heavy (non-hydrogen) atoms. The molecule has 0 aliphatic heterocycles. The predicted octanol–water partition coefficient (Wildman–Crippen LogP) is 2.45. The highest BCUT2D eigenvalue weighted by Gasteiger charge is 2.09. The van der Waals surface area contributed by atoms with Crippen LogP contribution in [0, 0.1) is 20.8 Å². The smallest absolute Gasteiger partial charge is 0.294 e. The maximum Gasteiger partial charge on any atom is 0.294 e. The highest BCUT2D eigenvalue weighted by atomic mass is 32.2. The number of hydrogen-bond donors (Lipinski definition) is 6. The van der Waals surface area contributed by atoms with Crippen molar-refractivity contribution in [2.24, 2.45) is 0 Å². The minimum Gasteiger partial charge on any atom is -0.394 e. The predicted molar refractivity (Wildman–Crippen MR) is 148 cm³/mol. The average Bonchev–Trinajstić information content (AvgIpc) is 2.84. The SMILES string of the molecule is CC(O)C(O)CO.Cc1ccc(S(=O)(=O)O)cc1.Cc1ccc(S(=O)(=O)O)cc1.Cc1ccc(S(=O)(=O)O)cc1. The van der Waals surface area contributed by atoms with Gasteiger partial charge in [-0.05, 0) is 64.1 Å². The fourth-order valence-corrected chi connectivity index (χ4v) is 3.72. The van der Waals surface area contributed by atoms with Crippen LogP contribution in [0.1, 0.15) is 23.6 Å². The summed E-state index contributed by atoms with van der Waals surface area (Å²) in [6, 6.07) is 18.0. The van der Waals surface area contributed by atoms with E-state index in [1.165, 1.54) is 43.3 Å². The number of aliphatic hydroxyl groups is 3. The number of hydrogen-bond acceptors (Lipinski definition) is 9. The summed E-state index contributed by atoms with van der Waals surface area (Å²) in [5.74, 6) is 0. The molecule has 2 unspecified atom stereocenters. The van der Waals surface area contributed by atoms with E-state index in [1.54, 1.807) is 36.4 Å². The minimum absolute atomic E-state index is 0.0666. The summed E-state index contributed by atoms with van der Waals surface area (Å²) in [7, 11) is -12.1. The van der Waals surface area contributed by atoms with Gasteiger partial charge in [-0.15, -0.1) is 0 Å². The third-order valence-electron chi connectivity index (χ3n) is 4.70. The maximum atomic E-state index is 10.5. The molecule has 3 aromatic rings. The van der Waals surface area contributed by atoms with E-state index in [9.17, 15) is 25.3 Å². The quantitative estimate of drug-likeness (QED) is 0.226. The van der Waals surface area contributed by atoms with E-state index in [0.717, 1.165) is 16.7 Å². The van der Waals surface area contributed by atoms with Crippen LogP contribution in [0.5, 0.6) is 0 Å². The van der Waals surface area contributed by atoms with Crippen LogP contribution in [0.4, 0.5) is 0 Å². The lowest BCUT2D eigenvalue weighted by Crippen LogP contribution is -2.25. The van der Waals surface area contributed by atoms with Gasteiger partial charge in [0.15, 0.2) is 0 Å². The maximum absolute atomic E-state index is 10.5. The van der Waals surface area contributed by atoms with Crippen molar-refractivity contribution in [3.8, 4) is 0 Å². The van der Waals surface area contributed by atoms with Gasteiger partial charge in [0.1, 0.15) is 6.10 Å². The molecule has 0 bridgehead atoms. The van der Waals surface area contributed by atoms with Crippen LogP contribution in [0.2, 0.25) is 0 Å². The summed E-state index contributed by atoms with van der Waals surface area (Å²) < 4.78 is 88.7. The van der Waals surface area contributed by atoms with Crippen LogP contribution >= 0.6 is 0 Å². The first kappa shape index (κ1) is 37.3. The molecule has 6 N–H and O–H groups in total. The Morgan fingerprint density at radius 1 is 0.525 bits per heavy atom. The molecule has 0 aliphatic carbocycles. The summed E-state index contributed by atoms with van der Waals surface area (Å²) >= 11 is 0. The van der Waals surface area contributed by atoms with Crippen LogP contribution in [-0.2, 0) is 30.4 Å². The molecular formula is C25H34O12S3. The molecule has 12 nitrogen and oxygen atoms in total. The number of benzene rings is 3. The Morgan fingerprint density at radius 3 is 0.825 bits per heavy atom. The Labute approximate surface area is 234 Å². The van der Waals surface area contributed by atoms with E-state index in [4.69, 9.17) is 29.0 Å². The zero-order valence-electron chi connectivity index (χ0n) is 22.1. The third-order valence-corrected chi connectivity index (χ3v) is 7.30. The number of aryl methyl sites for hydroxylation is 3. The molecule has 15 heteroatoms. The second-order valence-corrected chi connectivity index (χ2v) is 12.6. The van der Waals surface area contributed by atoms with Crippen LogP contribution in [0.3, 0.4) is 0 Å². The summed E-state index contributed by atoms with van der Waals surface area (Å²) in [5, 5.41) is 24.9. The summed E-state index contributed by atoms with van der Waals surface area (Å²) in [4.78, 5) is -0.200. The molecule has 0 aromatic heterocycles. The van der Waals surface area contributed by atoms with Gasteiger partial charge in [0, 0.05) is 0 Å². The topological polar surface area (TPSA) is 224 Å². The first-order valence-corrected chi connectivity index (χ1v) is 15.6. The molecule has 0 spiro atoms. The highest BCUT2D eigenvalue weighted by molar-refractivity contribution is 7.86. The summed E-state index contributed by atoms with van der Waals surface area (Å²) in [6.07, 6.45) is -1.81. The standard InChI is InChI=1S/3C7H8O3S.C4H10O3/c3*1-6-2-4-7(5-3-6)11(8,9)10;1-3(6)4(7)2-5/h3*2-5H,1H3,(H,8,9,10);3-7H,2H2,1H3. The zero-order chi connectivity index (χ0) is 31.3. The fourth-order valence-electron chi connectivity index (χ4n) is 2.28. The molecular weight excluding hydrogens is 588 g/mol. The van der Waals surface area contributed by atoms with Crippen molar-refractivity contribution in [1.82, 2.24) is 0 Å². The van der Waals surface area contributed by atoms with Crippen LogP contribution < -0.4 is 0 Å². The lowest BCUT2D eigenvalue weighted by atomic mass is 10.2. The molecule has 2 atom stereocenters. The molecule has 0 fully saturated rings. The van der Waals surface area contributed by atoms with Crippen molar-refractivity contribution in [3.05, 3.63) is 89.5 Å². The Morgan fingerprint density at radius 2 is 0.725 bits per heavy atom. The lowest BCUT2D eigenvalue weighted by molar-refractivity contribution is -0.00425. The first-order valence-electron chi connectivity index (χ1n) is 11.3. The van der Waals surface area contributed by atoms with E-state index in [2.05, 4.69) is 0 Å². The molecule has 0 saturated heterocycles. The monoisotopic (exact) mass is 622 g/mol. The van der Waals surface area contributed by atoms with Crippen molar-refractivity contribution < 1.29 is 54.2 Å². The molecule has 0 heterocycles. The Bertz CT molecular complexity index is 1310. The third kappa shape index (κ3) is 15.8. The summed E-state index contributed by atoms with van der Waals surface area (Å²) in [5.41, 5.74) is 2.87. The van der Waals surface area contributed by atoms with Gasteiger partial charge in [-0.3, -0.25) is 13.7 Å². The lowest BCUT2D eigenvalue weighted by Gasteiger charge is -2.07. The molecule has 0 amide bonds. The Hall–Kier alpha value is -2.73. The van der Waals surface area contributed by atoms with Gasteiger partial charge in [0.25, 0.3) is 30.4 Å². The van der Waals surface area contributed by atoms with E-state index in [1.807, 2.05) is 20.8 Å². The van der Waals surface area contributed by atoms with Gasteiger partial charge >= 0.3 is 0 Å². The van der Waals surface area contributed by atoms with Crippen LogP contribution in [-0.4, -0.2) is 73.0 Å². The van der Waals surface area contributed by atoms with Crippen molar-refractivity contribution in [1.29, 1.82) is 0 Å². The molecule has 3 rings (SSSR count). The molecule has 0 saturated carbocycles. The van der Waals surface area contributed by atoms with Gasteiger partial charge in [-0.2, -0.15) is 25.3 Å². The normalized spacial score (nSPS) is 12.8. The van der Waals surface area contributed by atoms with E-state index >= 15 is 0 Å². The highest BCUT2D eigenvalue weighted by Crippen LogP contribution is 2.10. The molecule has 0 aliphatic rings. The van der Waals surface area contributed by atoms with E-state index in [0.29, 0.717) is 0 Å². The molecule has 224 valence electrons. The average molecular weight is 623 g/mol. The number of aliphatic hydroxyl groups excluding tert-OH is 3. The zero-order valence-corrected chi connectivity index (χ0v) is 24.6. The van der Waals surface area contributed by atoms with Gasteiger partial charge in [-0.25, -0.2) is 0 Å². The second-order valence-electron chi connectivity index (χ2n) is 8.35. The molecule has 3 aromatic carbocycles. The van der Waals surface area contributed by atoms with E-state index in [-0.39, 0.29) is 21.3 Å². The minimum atomic E-state index is -4.02. The second kappa shape index (κ2) is 16.5. The van der Waals surface area contributed by atoms with Gasteiger partial charge in [0.2, 0.25) is 0 Å². The van der Waals surface area contributed by atoms with Gasteiger partial charge < -0.3 is 15.3 Å². The van der Waals surface area contributed by atoms with Gasteiger partial charge in [-0.1, -0.05) is 53.1 Å². The van der Waals surface area contributed by atoms with Gasteiger partial charge in [0.05, 0.1) is 27.4 Å². The van der Waals surface area contributed by atoms with Crippen molar-refractivity contribution in [2.75, 3.05) is 6.61 Å². The molecule has 0 radical (unpaired) electrons. The van der Waals surface area contributed by atoms with Crippen LogP contribution in [0.15, 0.2) is 87.5 Å². The Balaban J connectivity index is 0.000000515. The largest absolute Gasteiger partial charge is 0.394 e. The first-order chi connectivity index (χ1) is 18.2. The fraction of sp³-hybridized carbons (Fsp3) is 0.280. The number of rotatable bonds is 5. The van der Waals surface area contributed by atoms with Crippen LogP contribution in [0.25, 0.3) is 0 Å². The summed E-state index contributed by atoms with van der Waals surface area (Å²) in [6.45, 7) is 6.56.